The van der Waals surface area contributed by atoms with Gasteiger partial charge < -0.3 is 14.8 Å². The summed E-state index contributed by atoms with van der Waals surface area (Å²) in [5.41, 5.74) is 2.84. The summed E-state index contributed by atoms with van der Waals surface area (Å²) in [6, 6.07) is 4.28. The van der Waals surface area contributed by atoms with Crippen LogP contribution in [-0.2, 0) is 6.42 Å². The highest BCUT2D eigenvalue weighted by atomic mass is 16.5. The van der Waals surface area contributed by atoms with Gasteiger partial charge in [0.05, 0.1) is 14.2 Å². The fourth-order valence-corrected chi connectivity index (χ4v) is 3.60. The van der Waals surface area contributed by atoms with E-state index in [-0.39, 0.29) is 0 Å². The first-order chi connectivity index (χ1) is 9.81. The molecular formula is C17H25NO2. The predicted molar refractivity (Wildman–Crippen MR) is 80.8 cm³/mol. The number of hydrogen-bond donors (Lipinski definition) is 1. The summed E-state index contributed by atoms with van der Waals surface area (Å²) in [5.74, 6) is 3.27. The molecule has 1 N–H and O–H groups in total. The van der Waals surface area contributed by atoms with Crippen LogP contribution in [-0.4, -0.2) is 27.3 Å². The maximum atomic E-state index is 5.39. The second kappa shape index (κ2) is 6.04. The highest BCUT2D eigenvalue weighted by molar-refractivity contribution is 5.53. The number of fused-ring (bicyclic) bond motifs is 1. The summed E-state index contributed by atoms with van der Waals surface area (Å²) >= 11 is 0. The summed E-state index contributed by atoms with van der Waals surface area (Å²) < 4.78 is 10.7. The Balaban J connectivity index is 1.56. The maximum absolute atomic E-state index is 5.39. The molecule has 0 unspecified atom stereocenters. The highest BCUT2D eigenvalue weighted by Crippen LogP contribution is 2.42. The van der Waals surface area contributed by atoms with Crippen LogP contribution in [0.1, 0.15) is 42.7 Å². The lowest BCUT2D eigenvalue weighted by Gasteiger charge is -2.32. The second-order valence-electron chi connectivity index (χ2n) is 6.12. The topological polar surface area (TPSA) is 30.5 Å². The van der Waals surface area contributed by atoms with Gasteiger partial charge in [0.25, 0.3) is 0 Å². The van der Waals surface area contributed by atoms with Crippen LogP contribution in [0.15, 0.2) is 12.1 Å². The Labute approximate surface area is 121 Å². The zero-order chi connectivity index (χ0) is 13.9. The number of hydrogen-bond acceptors (Lipinski definition) is 3. The molecular weight excluding hydrogens is 250 g/mol. The normalized spacial score (nSPS) is 21.4. The largest absolute Gasteiger partial charge is 0.493 e. The molecule has 0 bridgehead atoms. The molecule has 0 radical (unpaired) electrons. The molecule has 20 heavy (non-hydrogen) atoms. The Bertz CT molecular complexity index is 466. The minimum atomic E-state index is 0.645. The van der Waals surface area contributed by atoms with Crippen molar-refractivity contribution in [1.82, 2.24) is 5.32 Å². The van der Waals surface area contributed by atoms with E-state index in [1.165, 1.54) is 43.4 Å². The molecule has 0 saturated heterocycles. The van der Waals surface area contributed by atoms with Crippen molar-refractivity contribution >= 4 is 0 Å². The molecule has 3 nitrogen and oxygen atoms in total. The van der Waals surface area contributed by atoms with Crippen LogP contribution < -0.4 is 14.8 Å². The van der Waals surface area contributed by atoms with E-state index in [0.717, 1.165) is 30.4 Å². The van der Waals surface area contributed by atoms with E-state index >= 15 is 0 Å². The van der Waals surface area contributed by atoms with Crippen LogP contribution in [0.4, 0.5) is 0 Å². The van der Waals surface area contributed by atoms with Crippen LogP contribution in [0.5, 0.6) is 11.5 Å². The van der Waals surface area contributed by atoms with Crippen molar-refractivity contribution in [3.63, 3.8) is 0 Å². The van der Waals surface area contributed by atoms with Crippen molar-refractivity contribution in [2.75, 3.05) is 27.3 Å². The van der Waals surface area contributed by atoms with E-state index in [4.69, 9.17) is 9.47 Å². The summed E-state index contributed by atoms with van der Waals surface area (Å²) in [4.78, 5) is 0. The van der Waals surface area contributed by atoms with Gasteiger partial charge in [-0.2, -0.15) is 0 Å². The van der Waals surface area contributed by atoms with Gasteiger partial charge in [-0.15, -0.1) is 0 Å². The standard InChI is InChI=1S/C17H25NO2/c1-19-16-8-13-7-14(15(13)9-17(16)20-2)11-18-10-12-5-3-4-6-12/h8-9,12,14,18H,3-7,10-11H2,1-2H3/t14-/m1/s1. The van der Waals surface area contributed by atoms with Gasteiger partial charge in [0.15, 0.2) is 11.5 Å². The lowest BCUT2D eigenvalue weighted by atomic mass is 9.77. The first kappa shape index (κ1) is 13.7. The molecule has 2 aliphatic rings. The molecule has 3 rings (SSSR count). The SMILES string of the molecule is COc1cc2c(cc1OC)[C@@H](CNCC1CCCC1)C2. The average Bonchev–Trinajstić information content (AvgIpc) is 2.96. The Morgan fingerprint density at radius 1 is 1.05 bits per heavy atom. The van der Waals surface area contributed by atoms with Crippen LogP contribution in [0.2, 0.25) is 0 Å². The molecule has 2 aliphatic carbocycles. The van der Waals surface area contributed by atoms with E-state index in [2.05, 4.69) is 17.4 Å². The average molecular weight is 275 g/mol. The van der Waals surface area contributed by atoms with Gasteiger partial charge in [-0.3, -0.25) is 0 Å². The van der Waals surface area contributed by atoms with Crippen molar-refractivity contribution in [3.05, 3.63) is 23.3 Å². The van der Waals surface area contributed by atoms with Gasteiger partial charge in [0.1, 0.15) is 0 Å². The monoisotopic (exact) mass is 275 g/mol. The minimum absolute atomic E-state index is 0.645. The maximum Gasteiger partial charge on any atom is 0.161 e. The Hall–Kier alpha value is -1.22. The van der Waals surface area contributed by atoms with Crippen LogP contribution in [0.3, 0.4) is 0 Å². The molecule has 3 heteroatoms. The third-order valence-electron chi connectivity index (χ3n) is 4.85. The summed E-state index contributed by atoms with van der Waals surface area (Å²) in [7, 11) is 3.40. The Kier molecular flexibility index (Phi) is 4.16. The minimum Gasteiger partial charge on any atom is -0.493 e. The Morgan fingerprint density at radius 3 is 2.45 bits per heavy atom. The number of rotatable bonds is 6. The lowest BCUT2D eigenvalue weighted by Crippen LogP contribution is -2.31. The molecule has 1 aromatic carbocycles. The predicted octanol–water partition coefficient (Wildman–Crippen LogP) is 3.12. The Morgan fingerprint density at radius 2 is 1.75 bits per heavy atom. The van der Waals surface area contributed by atoms with Gasteiger partial charge in [-0.1, -0.05) is 12.8 Å². The smallest absolute Gasteiger partial charge is 0.161 e. The van der Waals surface area contributed by atoms with E-state index < -0.39 is 0 Å². The van der Waals surface area contributed by atoms with Gasteiger partial charge in [-0.25, -0.2) is 0 Å². The summed E-state index contributed by atoms with van der Waals surface area (Å²) in [6.07, 6.45) is 6.84. The second-order valence-corrected chi connectivity index (χ2v) is 6.12. The molecule has 1 fully saturated rings. The number of nitrogens with one attached hydrogen (secondary N) is 1. The first-order valence-corrected chi connectivity index (χ1v) is 7.77. The third-order valence-corrected chi connectivity index (χ3v) is 4.85. The van der Waals surface area contributed by atoms with E-state index in [1.807, 2.05) is 0 Å². The number of ether oxygens (including phenoxy) is 2. The van der Waals surface area contributed by atoms with E-state index in [0.29, 0.717) is 5.92 Å². The molecule has 0 aliphatic heterocycles. The third kappa shape index (κ3) is 2.64. The molecule has 1 atom stereocenters. The van der Waals surface area contributed by atoms with Crippen molar-refractivity contribution in [2.45, 2.75) is 38.0 Å². The zero-order valence-corrected chi connectivity index (χ0v) is 12.6. The zero-order valence-electron chi connectivity index (χ0n) is 12.6. The van der Waals surface area contributed by atoms with Crippen LogP contribution in [0.25, 0.3) is 0 Å². The fraction of sp³-hybridized carbons (Fsp3) is 0.647. The van der Waals surface area contributed by atoms with E-state index in [9.17, 15) is 0 Å². The van der Waals surface area contributed by atoms with Crippen molar-refractivity contribution in [3.8, 4) is 11.5 Å². The molecule has 1 saturated carbocycles. The van der Waals surface area contributed by atoms with Gasteiger partial charge in [0.2, 0.25) is 0 Å². The van der Waals surface area contributed by atoms with Gasteiger partial charge in [0, 0.05) is 12.5 Å². The number of methoxy groups -OCH3 is 2. The number of benzene rings is 1. The van der Waals surface area contributed by atoms with Gasteiger partial charge in [-0.05, 0) is 55.0 Å². The molecule has 0 aromatic heterocycles. The molecule has 0 heterocycles. The van der Waals surface area contributed by atoms with E-state index in [1.54, 1.807) is 14.2 Å². The molecule has 110 valence electrons. The summed E-state index contributed by atoms with van der Waals surface area (Å²) in [5, 5.41) is 3.66. The first-order valence-electron chi connectivity index (χ1n) is 7.77. The molecule has 1 aromatic rings. The molecule has 0 amide bonds. The lowest BCUT2D eigenvalue weighted by molar-refractivity contribution is 0.351. The fourth-order valence-electron chi connectivity index (χ4n) is 3.60. The van der Waals surface area contributed by atoms with Crippen LogP contribution >= 0.6 is 0 Å². The summed E-state index contributed by atoms with van der Waals surface area (Å²) in [6.45, 7) is 2.29. The quantitative estimate of drug-likeness (QED) is 0.865. The van der Waals surface area contributed by atoms with Crippen molar-refractivity contribution < 1.29 is 9.47 Å². The molecule has 0 spiro atoms. The van der Waals surface area contributed by atoms with Gasteiger partial charge >= 0.3 is 0 Å². The van der Waals surface area contributed by atoms with Crippen molar-refractivity contribution in [1.29, 1.82) is 0 Å². The highest BCUT2D eigenvalue weighted by Gasteiger charge is 2.28. The van der Waals surface area contributed by atoms with Crippen molar-refractivity contribution in [2.24, 2.45) is 5.92 Å². The van der Waals surface area contributed by atoms with Crippen LogP contribution in [0, 0.1) is 5.92 Å².